The molecule has 0 saturated carbocycles. The van der Waals surface area contributed by atoms with E-state index >= 15 is 0 Å². The number of rotatable bonds is 4. The van der Waals surface area contributed by atoms with E-state index in [1.807, 2.05) is 0 Å². The van der Waals surface area contributed by atoms with Gasteiger partial charge in [0.2, 0.25) is 0 Å². The Morgan fingerprint density at radius 3 is 2.36 bits per heavy atom. The molecule has 4 nitrogen and oxygen atoms in total. The number of hydrogen-bond donors (Lipinski definition) is 2. The van der Waals surface area contributed by atoms with Crippen LogP contribution in [0, 0.1) is 0 Å². The molecule has 0 radical (unpaired) electrons. The highest BCUT2D eigenvalue weighted by Gasteiger charge is 2.19. The van der Waals surface area contributed by atoms with Gasteiger partial charge >= 0.3 is 5.97 Å². The molecule has 66 valence electrons. The largest absolute Gasteiger partial charge is 0.458 e. The van der Waals surface area contributed by atoms with Crippen molar-refractivity contribution < 1.29 is 9.53 Å². The molecule has 0 atom stereocenters. The average molecular weight is 160 g/mol. The Hall–Kier alpha value is -0.610. The Morgan fingerprint density at radius 2 is 2.00 bits per heavy atom. The highest BCUT2D eigenvalue weighted by molar-refractivity contribution is 5.70. The first-order chi connectivity index (χ1) is 5.02. The monoisotopic (exact) mass is 160 g/mol. The number of nitrogens with two attached hydrogens (primary N) is 2. The van der Waals surface area contributed by atoms with E-state index in [1.165, 1.54) is 0 Å². The van der Waals surface area contributed by atoms with Crippen LogP contribution in [0.15, 0.2) is 0 Å². The maximum Gasteiger partial charge on any atom is 0.307 e. The molecular weight excluding hydrogens is 144 g/mol. The number of carbonyl (C=O) groups excluding carboxylic acids is 1. The Bertz CT molecular complexity index is 134. The lowest BCUT2D eigenvalue weighted by Crippen LogP contribution is -2.36. The summed E-state index contributed by atoms with van der Waals surface area (Å²) in [6, 6.07) is 0. The number of esters is 1. The molecule has 0 aliphatic rings. The average Bonchev–Trinajstić information content (AvgIpc) is 1.87. The summed E-state index contributed by atoms with van der Waals surface area (Å²) in [6.07, 6.45) is 0.253. The number of ether oxygens (including phenoxy) is 1. The molecular formula is C7H16N2O2. The van der Waals surface area contributed by atoms with Gasteiger partial charge in [-0.2, -0.15) is 0 Å². The molecule has 0 rings (SSSR count). The van der Waals surface area contributed by atoms with Gasteiger partial charge in [-0.25, -0.2) is 0 Å². The van der Waals surface area contributed by atoms with Crippen LogP contribution < -0.4 is 11.5 Å². The predicted octanol–water partition coefficient (Wildman–Crippen LogP) is -0.384. The van der Waals surface area contributed by atoms with Crippen molar-refractivity contribution in [1.82, 2.24) is 0 Å². The molecule has 0 unspecified atom stereocenters. The molecule has 0 saturated heterocycles. The maximum absolute atomic E-state index is 10.9. The van der Waals surface area contributed by atoms with E-state index in [4.69, 9.17) is 16.2 Å². The van der Waals surface area contributed by atoms with Crippen LogP contribution in [-0.2, 0) is 9.53 Å². The van der Waals surface area contributed by atoms with Crippen molar-refractivity contribution in [2.75, 3.05) is 13.1 Å². The van der Waals surface area contributed by atoms with Crippen molar-refractivity contribution in [2.45, 2.75) is 25.9 Å². The van der Waals surface area contributed by atoms with Crippen molar-refractivity contribution >= 4 is 5.97 Å². The van der Waals surface area contributed by atoms with Crippen molar-refractivity contribution in [3.63, 3.8) is 0 Å². The lowest BCUT2D eigenvalue weighted by molar-refractivity contribution is -0.155. The van der Waals surface area contributed by atoms with E-state index in [9.17, 15) is 4.79 Å². The molecule has 0 aliphatic carbocycles. The molecule has 0 bridgehead atoms. The van der Waals surface area contributed by atoms with Gasteiger partial charge in [0.1, 0.15) is 5.60 Å². The van der Waals surface area contributed by atoms with Crippen molar-refractivity contribution in [3.05, 3.63) is 0 Å². The summed E-state index contributed by atoms with van der Waals surface area (Å²) >= 11 is 0. The molecule has 0 aliphatic heterocycles. The molecule has 0 spiro atoms. The fourth-order valence-corrected chi connectivity index (χ4v) is 0.519. The first-order valence-corrected chi connectivity index (χ1v) is 3.64. The van der Waals surface area contributed by atoms with Gasteiger partial charge < -0.3 is 16.2 Å². The van der Waals surface area contributed by atoms with Crippen LogP contribution in [0.5, 0.6) is 0 Å². The van der Waals surface area contributed by atoms with Gasteiger partial charge in [-0.3, -0.25) is 4.79 Å². The van der Waals surface area contributed by atoms with E-state index in [0.717, 1.165) is 0 Å². The molecule has 11 heavy (non-hydrogen) atoms. The summed E-state index contributed by atoms with van der Waals surface area (Å²) in [5.74, 6) is -0.289. The lowest BCUT2D eigenvalue weighted by atomic mass is 10.1. The Labute approximate surface area is 66.9 Å². The highest BCUT2D eigenvalue weighted by atomic mass is 16.6. The third kappa shape index (κ3) is 4.75. The maximum atomic E-state index is 10.9. The second kappa shape index (κ2) is 4.31. The number of hydrogen-bond acceptors (Lipinski definition) is 4. The summed E-state index contributed by atoms with van der Waals surface area (Å²) in [5.41, 5.74) is 9.94. The molecule has 0 fully saturated rings. The fraction of sp³-hybridized carbons (Fsp3) is 0.857. The van der Waals surface area contributed by atoms with E-state index in [-0.39, 0.29) is 12.4 Å². The summed E-state index contributed by atoms with van der Waals surface area (Å²) in [4.78, 5) is 10.9. The molecule has 0 aromatic carbocycles. The first kappa shape index (κ1) is 10.4. The van der Waals surface area contributed by atoms with Crippen LogP contribution in [0.25, 0.3) is 0 Å². The van der Waals surface area contributed by atoms with Crippen molar-refractivity contribution in [2.24, 2.45) is 11.5 Å². The molecule has 0 aromatic heterocycles. The van der Waals surface area contributed by atoms with Crippen molar-refractivity contribution in [1.29, 1.82) is 0 Å². The molecule has 4 heteroatoms. The highest BCUT2D eigenvalue weighted by Crippen LogP contribution is 2.07. The van der Waals surface area contributed by atoms with Crippen LogP contribution in [0.1, 0.15) is 20.3 Å². The number of carbonyl (C=O) groups is 1. The summed E-state index contributed by atoms with van der Waals surface area (Å²) in [5, 5.41) is 0. The van der Waals surface area contributed by atoms with Crippen LogP contribution in [0.3, 0.4) is 0 Å². The van der Waals surface area contributed by atoms with Crippen LogP contribution in [-0.4, -0.2) is 24.7 Å². The summed E-state index contributed by atoms with van der Waals surface area (Å²) in [6.45, 7) is 4.17. The molecule has 0 aromatic rings. The standard InChI is InChI=1S/C7H16N2O2/c1-7(2,5-9)11-6(10)3-4-8/h3-5,8-9H2,1-2H3. The van der Waals surface area contributed by atoms with Crippen molar-refractivity contribution in [3.8, 4) is 0 Å². The minimum atomic E-state index is -0.563. The Balaban J connectivity index is 3.74. The van der Waals surface area contributed by atoms with Crippen LogP contribution in [0.2, 0.25) is 0 Å². The van der Waals surface area contributed by atoms with Gasteiger partial charge in [0.25, 0.3) is 0 Å². The summed E-state index contributed by atoms with van der Waals surface area (Å²) in [7, 11) is 0. The topological polar surface area (TPSA) is 78.3 Å². The van der Waals surface area contributed by atoms with Crippen LogP contribution in [0.4, 0.5) is 0 Å². The quantitative estimate of drug-likeness (QED) is 0.549. The molecule has 0 amide bonds. The van der Waals surface area contributed by atoms with Gasteiger partial charge in [0.05, 0.1) is 6.42 Å². The minimum Gasteiger partial charge on any atom is -0.458 e. The fourth-order valence-electron chi connectivity index (χ4n) is 0.519. The third-order valence-corrected chi connectivity index (χ3v) is 1.23. The molecule has 0 heterocycles. The Kier molecular flexibility index (Phi) is 4.07. The smallest absolute Gasteiger partial charge is 0.307 e. The predicted molar refractivity (Wildman–Crippen MR) is 42.9 cm³/mol. The third-order valence-electron chi connectivity index (χ3n) is 1.23. The minimum absolute atomic E-state index is 0.253. The SMILES string of the molecule is CC(C)(CN)OC(=O)CCN. The Morgan fingerprint density at radius 1 is 1.45 bits per heavy atom. The van der Waals surface area contributed by atoms with Crippen LogP contribution >= 0.6 is 0 Å². The lowest BCUT2D eigenvalue weighted by Gasteiger charge is -2.22. The van der Waals surface area contributed by atoms with E-state index < -0.39 is 5.60 Å². The van der Waals surface area contributed by atoms with E-state index in [2.05, 4.69) is 0 Å². The van der Waals surface area contributed by atoms with Gasteiger partial charge in [0, 0.05) is 13.1 Å². The summed E-state index contributed by atoms with van der Waals surface area (Å²) < 4.78 is 4.98. The second-order valence-electron chi connectivity index (χ2n) is 2.98. The zero-order valence-electron chi connectivity index (χ0n) is 7.09. The van der Waals surface area contributed by atoms with Gasteiger partial charge in [-0.05, 0) is 13.8 Å². The van der Waals surface area contributed by atoms with Gasteiger partial charge in [-0.1, -0.05) is 0 Å². The molecule has 4 N–H and O–H groups in total. The first-order valence-electron chi connectivity index (χ1n) is 3.64. The normalized spacial score (nSPS) is 11.3. The second-order valence-corrected chi connectivity index (χ2v) is 2.98. The zero-order valence-corrected chi connectivity index (χ0v) is 7.09. The van der Waals surface area contributed by atoms with Gasteiger partial charge in [0.15, 0.2) is 0 Å². The van der Waals surface area contributed by atoms with E-state index in [0.29, 0.717) is 13.1 Å². The zero-order chi connectivity index (χ0) is 8.91. The van der Waals surface area contributed by atoms with Gasteiger partial charge in [-0.15, -0.1) is 0 Å². The van der Waals surface area contributed by atoms with E-state index in [1.54, 1.807) is 13.8 Å².